The number of ether oxygens (including phenoxy) is 1. The minimum atomic E-state index is -0.297. The Labute approximate surface area is 69.8 Å². The molecule has 0 aromatic rings. The van der Waals surface area contributed by atoms with Gasteiger partial charge in [0.2, 0.25) is 0 Å². The number of thiocarbonyl (C=S) groups is 1. The number of carbonyl (C=O) groups excluding carboxylic acids is 1. The Bertz CT molecular complexity index is 211. The fourth-order valence-corrected chi connectivity index (χ4v) is 0.958. The van der Waals surface area contributed by atoms with E-state index in [2.05, 4.69) is 22.4 Å². The number of amides is 1. The lowest BCUT2D eigenvalue weighted by atomic mass is 10.3. The molecule has 0 spiro atoms. The molecule has 5 heteroatoms. The molecular weight excluding hydrogens is 164 g/mol. The van der Waals surface area contributed by atoms with Crippen molar-refractivity contribution in [3.63, 3.8) is 0 Å². The number of nitrogens with zero attached hydrogens (tertiary/aromatic N) is 2. The molecular formula is C6H8N2O2S. The van der Waals surface area contributed by atoms with Crippen molar-refractivity contribution >= 4 is 23.5 Å². The first-order chi connectivity index (χ1) is 5.24. The molecule has 1 fully saturated rings. The van der Waals surface area contributed by atoms with Crippen LogP contribution >= 0.6 is 12.2 Å². The van der Waals surface area contributed by atoms with E-state index in [0.29, 0.717) is 13.1 Å². The molecule has 60 valence electrons. The van der Waals surface area contributed by atoms with E-state index in [4.69, 9.17) is 4.74 Å². The van der Waals surface area contributed by atoms with Crippen LogP contribution in [0.4, 0.5) is 4.79 Å². The zero-order valence-corrected chi connectivity index (χ0v) is 6.93. The summed E-state index contributed by atoms with van der Waals surface area (Å²) in [6, 6.07) is 0. The van der Waals surface area contributed by atoms with Crippen molar-refractivity contribution in [1.82, 2.24) is 4.90 Å². The Morgan fingerprint density at radius 2 is 2.73 bits per heavy atom. The fraction of sp³-hybridized carbons (Fsp3) is 0.667. The Hall–Kier alpha value is -0.930. The van der Waals surface area contributed by atoms with Gasteiger partial charge in [-0.25, -0.2) is 9.79 Å². The minimum Gasteiger partial charge on any atom is -0.442 e. The number of hydrogen-bond donors (Lipinski definition) is 0. The molecule has 0 aliphatic carbocycles. The topological polar surface area (TPSA) is 41.9 Å². The smallest absolute Gasteiger partial charge is 0.410 e. The van der Waals surface area contributed by atoms with E-state index in [-0.39, 0.29) is 12.2 Å². The highest BCUT2D eigenvalue weighted by molar-refractivity contribution is 7.78. The van der Waals surface area contributed by atoms with E-state index in [0.717, 1.165) is 0 Å². The van der Waals surface area contributed by atoms with E-state index in [1.165, 1.54) is 4.90 Å². The maximum atomic E-state index is 10.8. The fourth-order valence-electron chi connectivity index (χ4n) is 0.884. The molecule has 4 nitrogen and oxygen atoms in total. The second-order valence-corrected chi connectivity index (χ2v) is 2.50. The zero-order chi connectivity index (χ0) is 8.27. The summed E-state index contributed by atoms with van der Waals surface area (Å²) in [5, 5.41) is 2.22. The monoisotopic (exact) mass is 172 g/mol. The lowest BCUT2D eigenvalue weighted by Gasteiger charge is -2.01. The molecule has 1 atom stereocenters. The van der Waals surface area contributed by atoms with Crippen molar-refractivity contribution < 1.29 is 9.53 Å². The summed E-state index contributed by atoms with van der Waals surface area (Å²) in [5.74, 6) is 0. The van der Waals surface area contributed by atoms with Crippen LogP contribution < -0.4 is 0 Å². The van der Waals surface area contributed by atoms with Crippen LogP contribution in [0.25, 0.3) is 0 Å². The van der Waals surface area contributed by atoms with Gasteiger partial charge in [0.1, 0.15) is 6.10 Å². The highest BCUT2D eigenvalue weighted by Gasteiger charge is 2.27. The Kier molecular flexibility index (Phi) is 2.57. The summed E-state index contributed by atoms with van der Waals surface area (Å²) in [5.41, 5.74) is 0. The number of aliphatic imine (C=N–C) groups is 1. The van der Waals surface area contributed by atoms with Crippen LogP contribution in [0.15, 0.2) is 4.99 Å². The third-order valence-corrected chi connectivity index (χ3v) is 1.55. The molecule has 1 aliphatic heterocycles. The Balaban J connectivity index is 2.40. The normalized spacial score (nSPS) is 22.8. The maximum Gasteiger partial charge on any atom is 0.410 e. The molecule has 0 aromatic heterocycles. The van der Waals surface area contributed by atoms with E-state index in [1.807, 2.05) is 0 Å². The van der Waals surface area contributed by atoms with Gasteiger partial charge < -0.3 is 9.64 Å². The molecule has 1 saturated heterocycles. The molecule has 0 radical (unpaired) electrons. The Morgan fingerprint density at radius 1 is 2.00 bits per heavy atom. The van der Waals surface area contributed by atoms with Gasteiger partial charge in [-0.1, -0.05) is 0 Å². The summed E-state index contributed by atoms with van der Waals surface area (Å²) >= 11 is 4.37. The van der Waals surface area contributed by atoms with Crippen LogP contribution in [0.5, 0.6) is 0 Å². The molecule has 1 rings (SSSR count). The summed E-state index contributed by atoms with van der Waals surface area (Å²) in [6.07, 6.45) is -0.447. The first-order valence-electron chi connectivity index (χ1n) is 3.19. The quantitative estimate of drug-likeness (QED) is 0.451. The molecule has 1 amide bonds. The second-order valence-electron chi connectivity index (χ2n) is 2.32. The van der Waals surface area contributed by atoms with Crippen LogP contribution in [0, 0.1) is 0 Å². The van der Waals surface area contributed by atoms with Crippen molar-refractivity contribution in [3.05, 3.63) is 0 Å². The SMILES string of the molecule is CN1CC(CN=C=S)OC1=O. The van der Waals surface area contributed by atoms with Gasteiger partial charge in [-0.05, 0) is 12.2 Å². The number of rotatable bonds is 2. The standard InChI is InChI=1S/C6H8N2O2S/c1-8-3-5(2-7-4-11)10-6(8)9/h5H,2-3H2,1H3. The predicted octanol–water partition coefficient (Wildman–Crippen LogP) is 0.540. The third kappa shape index (κ3) is 2.00. The Morgan fingerprint density at radius 3 is 3.18 bits per heavy atom. The largest absolute Gasteiger partial charge is 0.442 e. The zero-order valence-electron chi connectivity index (χ0n) is 6.11. The van der Waals surface area contributed by atoms with Gasteiger partial charge in [0, 0.05) is 7.05 Å². The first-order valence-corrected chi connectivity index (χ1v) is 3.60. The average Bonchev–Trinajstić information content (AvgIpc) is 2.28. The lowest BCUT2D eigenvalue weighted by molar-refractivity contribution is 0.137. The highest BCUT2D eigenvalue weighted by Crippen LogP contribution is 2.08. The van der Waals surface area contributed by atoms with Crippen LogP contribution in [-0.2, 0) is 4.74 Å². The third-order valence-electron chi connectivity index (χ3n) is 1.42. The second kappa shape index (κ2) is 3.46. The van der Waals surface area contributed by atoms with E-state index in [9.17, 15) is 4.79 Å². The van der Waals surface area contributed by atoms with Crippen LogP contribution in [0.1, 0.15) is 0 Å². The number of hydrogen-bond acceptors (Lipinski definition) is 4. The van der Waals surface area contributed by atoms with Crippen molar-refractivity contribution in [2.24, 2.45) is 4.99 Å². The van der Waals surface area contributed by atoms with Gasteiger partial charge in [0.05, 0.1) is 18.3 Å². The number of carbonyl (C=O) groups is 1. The molecule has 1 aliphatic rings. The molecule has 1 unspecified atom stereocenters. The van der Waals surface area contributed by atoms with Crippen molar-refractivity contribution in [3.8, 4) is 0 Å². The van der Waals surface area contributed by atoms with Gasteiger partial charge in [-0.15, -0.1) is 0 Å². The number of likely N-dealkylation sites (N-methyl/N-ethyl adjacent to an activating group) is 1. The predicted molar refractivity (Wildman–Crippen MR) is 42.8 cm³/mol. The molecule has 0 aromatic carbocycles. The van der Waals surface area contributed by atoms with E-state index < -0.39 is 0 Å². The van der Waals surface area contributed by atoms with Crippen molar-refractivity contribution in [1.29, 1.82) is 0 Å². The summed E-state index contributed by atoms with van der Waals surface area (Å²) in [7, 11) is 1.68. The van der Waals surface area contributed by atoms with Crippen LogP contribution in [0.2, 0.25) is 0 Å². The first kappa shape index (κ1) is 8.17. The van der Waals surface area contributed by atoms with Crippen LogP contribution in [-0.4, -0.2) is 42.4 Å². The van der Waals surface area contributed by atoms with Crippen LogP contribution in [0.3, 0.4) is 0 Å². The molecule has 11 heavy (non-hydrogen) atoms. The van der Waals surface area contributed by atoms with Crippen molar-refractivity contribution in [2.75, 3.05) is 20.1 Å². The number of isothiocyanates is 1. The van der Waals surface area contributed by atoms with Crippen molar-refractivity contribution in [2.45, 2.75) is 6.10 Å². The maximum absolute atomic E-state index is 10.8. The minimum absolute atomic E-state index is 0.150. The summed E-state index contributed by atoms with van der Waals surface area (Å²) in [6.45, 7) is 0.999. The molecule has 0 N–H and O–H groups in total. The summed E-state index contributed by atoms with van der Waals surface area (Å²) in [4.78, 5) is 16.0. The van der Waals surface area contributed by atoms with E-state index >= 15 is 0 Å². The summed E-state index contributed by atoms with van der Waals surface area (Å²) < 4.78 is 4.88. The van der Waals surface area contributed by atoms with Gasteiger partial charge in [0.15, 0.2) is 0 Å². The van der Waals surface area contributed by atoms with Gasteiger partial charge in [-0.2, -0.15) is 0 Å². The lowest BCUT2D eigenvalue weighted by Crippen LogP contribution is -2.20. The van der Waals surface area contributed by atoms with Gasteiger partial charge >= 0.3 is 6.09 Å². The van der Waals surface area contributed by atoms with Gasteiger partial charge in [-0.3, -0.25) is 0 Å². The number of cyclic esters (lactones) is 1. The van der Waals surface area contributed by atoms with Gasteiger partial charge in [0.25, 0.3) is 0 Å². The highest BCUT2D eigenvalue weighted by atomic mass is 32.1. The van der Waals surface area contributed by atoms with E-state index in [1.54, 1.807) is 7.05 Å². The molecule has 1 heterocycles. The molecule has 0 bridgehead atoms. The molecule has 0 saturated carbocycles. The average molecular weight is 172 g/mol.